The molecule has 0 radical (unpaired) electrons. The fourth-order valence-corrected chi connectivity index (χ4v) is 2.40. The second kappa shape index (κ2) is 5.40. The summed E-state index contributed by atoms with van der Waals surface area (Å²) in [5.41, 5.74) is 3.99. The number of benzene rings is 1. The molecule has 18 heavy (non-hydrogen) atoms. The normalized spacial score (nSPS) is 14.4. The Balaban J connectivity index is 2.10. The van der Waals surface area contributed by atoms with Crippen LogP contribution in [-0.2, 0) is 0 Å². The van der Waals surface area contributed by atoms with Crippen molar-refractivity contribution in [1.82, 2.24) is 5.32 Å². The van der Waals surface area contributed by atoms with E-state index < -0.39 is 0 Å². The minimum atomic E-state index is 0.218. The van der Waals surface area contributed by atoms with Gasteiger partial charge in [0.25, 0.3) is 0 Å². The number of hydrogen-bond donors (Lipinski definition) is 1. The molecule has 0 saturated heterocycles. The molecule has 1 aromatic heterocycles. The van der Waals surface area contributed by atoms with Crippen LogP contribution in [0.4, 0.5) is 0 Å². The van der Waals surface area contributed by atoms with Gasteiger partial charge in [-0.3, -0.25) is 0 Å². The molecule has 1 heterocycles. The lowest BCUT2D eigenvalue weighted by atomic mass is 9.99. The zero-order valence-corrected chi connectivity index (χ0v) is 11.5. The summed E-state index contributed by atoms with van der Waals surface area (Å²) in [5, 5.41) is 3.57. The van der Waals surface area contributed by atoms with Crippen LogP contribution in [0.1, 0.15) is 48.4 Å². The van der Waals surface area contributed by atoms with E-state index in [0.717, 1.165) is 5.76 Å². The molecule has 0 bridgehead atoms. The lowest BCUT2D eigenvalue weighted by Gasteiger charge is -2.20. The quantitative estimate of drug-likeness (QED) is 0.865. The predicted octanol–water partition coefficient (Wildman–Crippen LogP) is 4.31. The van der Waals surface area contributed by atoms with Gasteiger partial charge in [-0.2, -0.15) is 0 Å². The summed E-state index contributed by atoms with van der Waals surface area (Å²) in [4.78, 5) is 0. The van der Waals surface area contributed by atoms with E-state index in [1.807, 2.05) is 12.1 Å². The summed E-state index contributed by atoms with van der Waals surface area (Å²) in [6.45, 7) is 8.61. The second-order valence-electron chi connectivity index (χ2n) is 4.99. The minimum Gasteiger partial charge on any atom is -0.468 e. The first-order chi connectivity index (χ1) is 8.58. The Labute approximate surface area is 109 Å². The monoisotopic (exact) mass is 243 g/mol. The van der Waals surface area contributed by atoms with Gasteiger partial charge < -0.3 is 9.73 Å². The van der Waals surface area contributed by atoms with Crippen molar-refractivity contribution in [3.05, 3.63) is 59.0 Å². The van der Waals surface area contributed by atoms with Gasteiger partial charge in [0.1, 0.15) is 5.76 Å². The van der Waals surface area contributed by atoms with E-state index in [0.29, 0.717) is 6.04 Å². The van der Waals surface area contributed by atoms with Crippen molar-refractivity contribution in [2.24, 2.45) is 0 Å². The van der Waals surface area contributed by atoms with E-state index in [9.17, 15) is 0 Å². The maximum atomic E-state index is 5.42. The fraction of sp³-hybridized carbons (Fsp3) is 0.375. The molecule has 0 aliphatic rings. The van der Waals surface area contributed by atoms with Gasteiger partial charge in [-0.15, -0.1) is 0 Å². The van der Waals surface area contributed by atoms with Crippen molar-refractivity contribution in [2.75, 3.05) is 0 Å². The van der Waals surface area contributed by atoms with Gasteiger partial charge in [0.2, 0.25) is 0 Å². The first kappa shape index (κ1) is 12.9. The maximum Gasteiger partial charge on any atom is 0.120 e. The highest BCUT2D eigenvalue weighted by Gasteiger charge is 2.14. The number of aryl methyl sites for hydroxylation is 2. The highest BCUT2D eigenvalue weighted by atomic mass is 16.3. The van der Waals surface area contributed by atoms with Crippen LogP contribution >= 0.6 is 0 Å². The lowest BCUT2D eigenvalue weighted by Crippen LogP contribution is -2.22. The van der Waals surface area contributed by atoms with Crippen LogP contribution < -0.4 is 5.32 Å². The van der Waals surface area contributed by atoms with Crippen LogP contribution in [0, 0.1) is 13.8 Å². The Hall–Kier alpha value is -1.54. The number of hydrogen-bond acceptors (Lipinski definition) is 2. The van der Waals surface area contributed by atoms with Gasteiger partial charge in [-0.25, -0.2) is 0 Å². The van der Waals surface area contributed by atoms with E-state index in [-0.39, 0.29) is 6.04 Å². The molecule has 0 spiro atoms. The average Bonchev–Trinajstić information content (AvgIpc) is 2.81. The summed E-state index contributed by atoms with van der Waals surface area (Å²) in [5.74, 6) is 0.978. The smallest absolute Gasteiger partial charge is 0.120 e. The first-order valence-electron chi connectivity index (χ1n) is 6.44. The molecule has 2 heteroatoms. The van der Waals surface area contributed by atoms with E-state index in [1.54, 1.807) is 6.26 Å². The minimum absolute atomic E-state index is 0.218. The third-order valence-corrected chi connectivity index (χ3v) is 3.36. The predicted molar refractivity (Wildman–Crippen MR) is 74.6 cm³/mol. The third-order valence-electron chi connectivity index (χ3n) is 3.36. The Kier molecular flexibility index (Phi) is 3.87. The van der Waals surface area contributed by atoms with E-state index in [4.69, 9.17) is 4.42 Å². The zero-order valence-electron chi connectivity index (χ0n) is 11.5. The van der Waals surface area contributed by atoms with Gasteiger partial charge in [0.15, 0.2) is 0 Å². The van der Waals surface area contributed by atoms with Crippen molar-refractivity contribution in [3.8, 4) is 0 Å². The van der Waals surface area contributed by atoms with Gasteiger partial charge in [0, 0.05) is 6.04 Å². The van der Waals surface area contributed by atoms with Crippen LogP contribution in [0.2, 0.25) is 0 Å². The molecular formula is C16H21NO. The Bertz CT molecular complexity index is 502. The highest BCUT2D eigenvalue weighted by Crippen LogP contribution is 2.22. The van der Waals surface area contributed by atoms with Crippen molar-refractivity contribution < 1.29 is 4.42 Å². The van der Waals surface area contributed by atoms with Crippen LogP contribution in [-0.4, -0.2) is 0 Å². The van der Waals surface area contributed by atoms with E-state index >= 15 is 0 Å². The highest BCUT2D eigenvalue weighted by molar-refractivity contribution is 5.32. The second-order valence-corrected chi connectivity index (χ2v) is 4.99. The van der Waals surface area contributed by atoms with Gasteiger partial charge in [0.05, 0.1) is 12.3 Å². The zero-order chi connectivity index (χ0) is 13.1. The molecular weight excluding hydrogens is 222 g/mol. The average molecular weight is 243 g/mol. The van der Waals surface area contributed by atoms with Crippen molar-refractivity contribution >= 4 is 0 Å². The van der Waals surface area contributed by atoms with Crippen molar-refractivity contribution in [3.63, 3.8) is 0 Å². The van der Waals surface area contributed by atoms with Crippen molar-refractivity contribution in [2.45, 2.75) is 39.8 Å². The molecule has 0 aliphatic heterocycles. The molecule has 2 nitrogen and oxygen atoms in total. The Morgan fingerprint density at radius 2 is 1.83 bits per heavy atom. The first-order valence-corrected chi connectivity index (χ1v) is 6.44. The molecule has 1 unspecified atom stereocenters. The van der Waals surface area contributed by atoms with Crippen LogP contribution in [0.5, 0.6) is 0 Å². The maximum absolute atomic E-state index is 5.42. The van der Waals surface area contributed by atoms with E-state index in [2.05, 4.69) is 51.2 Å². The number of furan rings is 1. The Morgan fingerprint density at radius 3 is 2.44 bits per heavy atom. The molecule has 0 amide bonds. The van der Waals surface area contributed by atoms with Gasteiger partial charge in [-0.1, -0.05) is 23.8 Å². The fourth-order valence-electron chi connectivity index (χ4n) is 2.40. The summed E-state index contributed by atoms with van der Waals surface area (Å²) in [7, 11) is 0. The van der Waals surface area contributed by atoms with Crippen molar-refractivity contribution in [1.29, 1.82) is 0 Å². The third kappa shape index (κ3) is 2.82. The molecule has 1 N–H and O–H groups in total. The van der Waals surface area contributed by atoms with E-state index in [1.165, 1.54) is 16.7 Å². The molecule has 0 saturated carbocycles. The molecule has 0 aliphatic carbocycles. The molecule has 2 aromatic rings. The van der Waals surface area contributed by atoms with Gasteiger partial charge >= 0.3 is 0 Å². The molecule has 1 aromatic carbocycles. The summed E-state index contributed by atoms with van der Waals surface area (Å²) < 4.78 is 5.42. The lowest BCUT2D eigenvalue weighted by molar-refractivity contribution is 0.402. The number of nitrogens with one attached hydrogen (secondary N) is 1. The molecule has 0 fully saturated rings. The molecule has 2 rings (SSSR count). The molecule has 96 valence electrons. The van der Waals surface area contributed by atoms with Crippen LogP contribution in [0.3, 0.4) is 0 Å². The van der Waals surface area contributed by atoms with Crippen LogP contribution in [0.25, 0.3) is 0 Å². The SMILES string of the molecule is Cc1ccc(C(C)N[C@@H](C)c2ccco2)c(C)c1. The summed E-state index contributed by atoms with van der Waals surface area (Å²) >= 11 is 0. The summed E-state index contributed by atoms with van der Waals surface area (Å²) in [6.07, 6.45) is 1.72. The largest absolute Gasteiger partial charge is 0.468 e. The standard InChI is InChI=1S/C16H21NO/c1-11-7-8-15(12(2)10-11)13(3)17-14(4)16-6-5-9-18-16/h5-10,13-14,17H,1-4H3/t13?,14-/m0/s1. The summed E-state index contributed by atoms with van der Waals surface area (Å²) in [6, 6.07) is 11.1. The topological polar surface area (TPSA) is 25.2 Å². The number of rotatable bonds is 4. The molecule has 2 atom stereocenters. The Morgan fingerprint density at radius 1 is 1.06 bits per heavy atom. The van der Waals surface area contributed by atoms with Gasteiger partial charge in [-0.05, 0) is 51.0 Å². The van der Waals surface area contributed by atoms with Crippen LogP contribution in [0.15, 0.2) is 41.0 Å².